The monoisotopic (exact) mass is 294 g/mol. The first kappa shape index (κ1) is 15.5. The second-order valence-electron chi connectivity index (χ2n) is 5.69. The molecule has 1 aromatic rings. The molecule has 0 saturated carbocycles. The zero-order chi connectivity index (χ0) is 14.5. The Hall–Kier alpha value is -0.870. The topological polar surface area (TPSA) is 32.3 Å². The summed E-state index contributed by atoms with van der Waals surface area (Å²) in [6.07, 6.45) is 4.59. The molecule has 0 aliphatic carbocycles. The van der Waals surface area contributed by atoms with Crippen molar-refractivity contribution in [1.82, 2.24) is 10.2 Å². The van der Waals surface area contributed by atoms with Crippen LogP contribution in [-0.2, 0) is 4.79 Å². The Bertz CT molecular complexity index is 418. The molecule has 2 heterocycles. The number of amides is 1. The van der Waals surface area contributed by atoms with Crippen LogP contribution in [0.2, 0.25) is 0 Å². The predicted molar refractivity (Wildman–Crippen MR) is 84.7 cm³/mol. The van der Waals surface area contributed by atoms with E-state index in [0.29, 0.717) is 5.92 Å². The van der Waals surface area contributed by atoms with Crippen molar-refractivity contribution < 1.29 is 4.79 Å². The summed E-state index contributed by atoms with van der Waals surface area (Å²) in [7, 11) is 0. The number of thiophene rings is 1. The Labute approximate surface area is 126 Å². The number of nitrogens with one attached hydrogen (secondary N) is 1. The summed E-state index contributed by atoms with van der Waals surface area (Å²) in [6, 6.07) is 4.17. The minimum atomic E-state index is -0.0197. The third-order valence-corrected chi connectivity index (χ3v) is 5.15. The summed E-state index contributed by atoms with van der Waals surface area (Å²) in [6.45, 7) is 7.38. The van der Waals surface area contributed by atoms with Crippen molar-refractivity contribution in [3.05, 3.63) is 22.4 Å². The van der Waals surface area contributed by atoms with Crippen molar-refractivity contribution in [2.24, 2.45) is 5.92 Å². The molecule has 2 rings (SSSR count). The quantitative estimate of drug-likeness (QED) is 0.776. The van der Waals surface area contributed by atoms with Gasteiger partial charge in [0.15, 0.2) is 0 Å². The second-order valence-corrected chi connectivity index (χ2v) is 6.67. The molecule has 0 spiro atoms. The van der Waals surface area contributed by atoms with E-state index in [9.17, 15) is 4.79 Å². The number of carbonyl (C=O) groups excluding carboxylic acids is 1. The average Bonchev–Trinajstić information content (AvgIpc) is 3.07. The minimum Gasteiger partial charge on any atom is -0.321 e. The Kier molecular flexibility index (Phi) is 5.61. The van der Waals surface area contributed by atoms with E-state index in [1.54, 1.807) is 11.3 Å². The molecule has 3 atom stereocenters. The second kappa shape index (κ2) is 7.23. The van der Waals surface area contributed by atoms with Gasteiger partial charge in [-0.25, -0.2) is 0 Å². The summed E-state index contributed by atoms with van der Waals surface area (Å²) < 4.78 is 0. The predicted octanol–water partition coefficient (Wildman–Crippen LogP) is 3.78. The molecule has 1 aromatic heterocycles. The Morgan fingerprint density at radius 1 is 1.40 bits per heavy atom. The van der Waals surface area contributed by atoms with Gasteiger partial charge in [0, 0.05) is 11.4 Å². The van der Waals surface area contributed by atoms with Crippen LogP contribution in [-0.4, -0.2) is 23.4 Å². The van der Waals surface area contributed by atoms with Crippen LogP contribution in [0.3, 0.4) is 0 Å². The molecule has 1 saturated heterocycles. The number of carbonyl (C=O) groups is 1. The van der Waals surface area contributed by atoms with Gasteiger partial charge in [-0.2, -0.15) is 0 Å². The van der Waals surface area contributed by atoms with Crippen LogP contribution < -0.4 is 5.32 Å². The van der Waals surface area contributed by atoms with Crippen LogP contribution in [0.15, 0.2) is 17.5 Å². The molecule has 3 nitrogen and oxygen atoms in total. The highest BCUT2D eigenvalue weighted by molar-refractivity contribution is 7.10. The summed E-state index contributed by atoms with van der Waals surface area (Å²) in [4.78, 5) is 16.0. The fraction of sp³-hybridized carbons (Fsp3) is 0.688. The van der Waals surface area contributed by atoms with Gasteiger partial charge >= 0.3 is 0 Å². The van der Waals surface area contributed by atoms with Crippen molar-refractivity contribution in [3.63, 3.8) is 0 Å². The fourth-order valence-corrected chi connectivity index (χ4v) is 3.53. The van der Waals surface area contributed by atoms with Crippen molar-refractivity contribution in [2.45, 2.75) is 58.7 Å². The minimum absolute atomic E-state index is 0.0197. The molecule has 1 N–H and O–H groups in total. The van der Waals surface area contributed by atoms with Gasteiger partial charge in [-0.1, -0.05) is 46.1 Å². The number of hydrogen-bond acceptors (Lipinski definition) is 3. The third kappa shape index (κ3) is 3.23. The molecule has 1 aliphatic heterocycles. The van der Waals surface area contributed by atoms with Crippen molar-refractivity contribution in [3.8, 4) is 0 Å². The van der Waals surface area contributed by atoms with Gasteiger partial charge < -0.3 is 4.90 Å². The smallest absolute Gasteiger partial charge is 0.241 e. The lowest BCUT2D eigenvalue weighted by atomic mass is 9.99. The zero-order valence-electron chi connectivity index (χ0n) is 12.8. The van der Waals surface area contributed by atoms with Gasteiger partial charge in [0.05, 0.1) is 6.04 Å². The number of hydrogen-bond donors (Lipinski definition) is 1. The lowest BCUT2D eigenvalue weighted by Gasteiger charge is -2.23. The van der Waals surface area contributed by atoms with E-state index in [4.69, 9.17) is 0 Å². The van der Waals surface area contributed by atoms with E-state index in [-0.39, 0.29) is 18.1 Å². The van der Waals surface area contributed by atoms with E-state index in [1.807, 2.05) is 0 Å². The molecule has 4 heteroatoms. The van der Waals surface area contributed by atoms with E-state index >= 15 is 0 Å². The van der Waals surface area contributed by atoms with E-state index in [1.165, 1.54) is 17.7 Å². The molecule has 3 unspecified atom stereocenters. The maximum Gasteiger partial charge on any atom is 0.241 e. The van der Waals surface area contributed by atoms with Crippen LogP contribution in [0.5, 0.6) is 0 Å². The van der Waals surface area contributed by atoms with Gasteiger partial charge in [0.25, 0.3) is 0 Å². The Morgan fingerprint density at radius 2 is 2.20 bits per heavy atom. The number of nitrogens with zero attached hydrogens (tertiary/aromatic N) is 1. The summed E-state index contributed by atoms with van der Waals surface area (Å²) in [5.41, 5.74) is 0. The molecular weight excluding hydrogens is 268 g/mol. The normalized spacial score (nSPS) is 24.4. The Balaban J connectivity index is 2.12. The van der Waals surface area contributed by atoms with E-state index in [2.05, 4.69) is 48.5 Å². The molecule has 0 aromatic carbocycles. The van der Waals surface area contributed by atoms with Crippen LogP contribution in [0.4, 0.5) is 0 Å². The summed E-state index contributed by atoms with van der Waals surface area (Å²) in [5, 5.41) is 5.64. The SMILES string of the molecule is CCCCCN1C(=O)C(C(C)CC)NC1c1cccs1. The fourth-order valence-electron chi connectivity index (χ4n) is 2.73. The van der Waals surface area contributed by atoms with Crippen molar-refractivity contribution in [1.29, 1.82) is 0 Å². The largest absolute Gasteiger partial charge is 0.321 e. The molecule has 112 valence electrons. The number of unbranched alkanes of at least 4 members (excludes halogenated alkanes) is 2. The molecular formula is C16H26N2OS. The standard InChI is InChI=1S/C16H26N2OS/c1-4-6-7-10-18-15(13-9-8-11-20-13)17-14(16(18)19)12(3)5-2/h8-9,11-12,14-15,17H,4-7,10H2,1-3H3. The first-order valence-corrected chi connectivity index (χ1v) is 8.66. The zero-order valence-corrected chi connectivity index (χ0v) is 13.6. The molecule has 0 bridgehead atoms. The van der Waals surface area contributed by atoms with E-state index in [0.717, 1.165) is 19.4 Å². The Morgan fingerprint density at radius 3 is 2.80 bits per heavy atom. The highest BCUT2D eigenvalue weighted by Crippen LogP contribution is 2.31. The maximum atomic E-state index is 12.7. The molecule has 20 heavy (non-hydrogen) atoms. The first-order chi connectivity index (χ1) is 9.69. The lowest BCUT2D eigenvalue weighted by molar-refractivity contribution is -0.131. The van der Waals surface area contributed by atoms with Crippen LogP contribution in [0.1, 0.15) is 57.5 Å². The van der Waals surface area contributed by atoms with Gasteiger partial charge in [0.2, 0.25) is 5.91 Å². The van der Waals surface area contributed by atoms with Gasteiger partial charge in [-0.15, -0.1) is 11.3 Å². The van der Waals surface area contributed by atoms with E-state index < -0.39 is 0 Å². The highest BCUT2D eigenvalue weighted by atomic mass is 32.1. The maximum absolute atomic E-state index is 12.7. The summed E-state index contributed by atoms with van der Waals surface area (Å²) in [5.74, 6) is 0.676. The number of rotatable bonds is 7. The molecule has 0 radical (unpaired) electrons. The van der Waals surface area contributed by atoms with Crippen LogP contribution >= 0.6 is 11.3 Å². The van der Waals surface area contributed by atoms with Gasteiger partial charge in [-0.05, 0) is 23.8 Å². The van der Waals surface area contributed by atoms with Crippen molar-refractivity contribution >= 4 is 17.2 Å². The lowest BCUT2D eigenvalue weighted by Crippen LogP contribution is -2.35. The molecule has 1 aliphatic rings. The highest BCUT2D eigenvalue weighted by Gasteiger charge is 2.41. The molecule has 1 amide bonds. The van der Waals surface area contributed by atoms with Crippen LogP contribution in [0, 0.1) is 5.92 Å². The van der Waals surface area contributed by atoms with Gasteiger partial charge in [0.1, 0.15) is 6.17 Å². The third-order valence-electron chi connectivity index (χ3n) is 4.23. The van der Waals surface area contributed by atoms with Gasteiger partial charge in [-0.3, -0.25) is 10.1 Å². The summed E-state index contributed by atoms with van der Waals surface area (Å²) >= 11 is 1.73. The van der Waals surface area contributed by atoms with Crippen molar-refractivity contribution in [2.75, 3.05) is 6.54 Å². The van der Waals surface area contributed by atoms with Crippen LogP contribution in [0.25, 0.3) is 0 Å². The first-order valence-electron chi connectivity index (χ1n) is 7.79. The molecule has 1 fully saturated rings. The average molecular weight is 294 g/mol.